The van der Waals surface area contributed by atoms with Gasteiger partial charge in [0, 0.05) is 22.9 Å². The van der Waals surface area contributed by atoms with Gasteiger partial charge in [0.1, 0.15) is 5.76 Å². The fourth-order valence-corrected chi connectivity index (χ4v) is 2.60. The largest absolute Gasteiger partial charge is 0.467 e. The number of hydrogen-bond acceptors (Lipinski definition) is 4. The van der Waals surface area contributed by atoms with Crippen molar-refractivity contribution >= 4 is 17.4 Å². The predicted octanol–water partition coefficient (Wildman–Crippen LogP) is 3.93. The van der Waals surface area contributed by atoms with E-state index in [0.717, 1.165) is 23.6 Å². The minimum Gasteiger partial charge on any atom is -0.467 e. The number of nitrogens with one attached hydrogen (secondary N) is 1. The van der Waals surface area contributed by atoms with Crippen molar-refractivity contribution in [2.75, 3.05) is 17.7 Å². The molecule has 3 nitrogen and oxygen atoms in total. The third kappa shape index (κ3) is 4.33. The monoisotopic (exact) mass is 277 g/mol. The molecule has 0 aliphatic rings. The fourth-order valence-electron chi connectivity index (χ4n) is 1.76. The summed E-state index contributed by atoms with van der Waals surface area (Å²) in [6.07, 6.45) is 2.52. The Morgan fingerprint density at radius 2 is 2.05 bits per heavy atom. The van der Waals surface area contributed by atoms with E-state index in [2.05, 4.69) is 36.5 Å². The number of benzene rings is 1. The smallest absolute Gasteiger partial charge is 0.125 e. The van der Waals surface area contributed by atoms with E-state index in [-0.39, 0.29) is 12.6 Å². The van der Waals surface area contributed by atoms with Crippen LogP contribution in [0.25, 0.3) is 0 Å². The summed E-state index contributed by atoms with van der Waals surface area (Å²) >= 11 is 1.76. The van der Waals surface area contributed by atoms with Crippen molar-refractivity contribution < 1.29 is 9.52 Å². The topological polar surface area (TPSA) is 45.4 Å². The zero-order chi connectivity index (χ0) is 13.5. The highest BCUT2D eigenvalue weighted by molar-refractivity contribution is 7.99. The van der Waals surface area contributed by atoms with Crippen molar-refractivity contribution in [3.8, 4) is 0 Å². The Kier molecular flexibility index (Phi) is 5.36. The molecule has 0 saturated carbocycles. The zero-order valence-electron chi connectivity index (χ0n) is 11.0. The van der Waals surface area contributed by atoms with Crippen LogP contribution in [0, 0.1) is 0 Å². The summed E-state index contributed by atoms with van der Waals surface area (Å²) < 4.78 is 5.37. The van der Waals surface area contributed by atoms with Gasteiger partial charge in [-0.2, -0.15) is 0 Å². The first-order chi connectivity index (χ1) is 9.29. The summed E-state index contributed by atoms with van der Waals surface area (Å²) in [7, 11) is 0. The van der Waals surface area contributed by atoms with E-state index in [4.69, 9.17) is 9.52 Å². The first-order valence-corrected chi connectivity index (χ1v) is 7.42. The van der Waals surface area contributed by atoms with Gasteiger partial charge < -0.3 is 14.8 Å². The lowest BCUT2D eigenvalue weighted by Gasteiger charge is -2.13. The number of hydrogen-bond donors (Lipinski definition) is 2. The molecule has 0 bridgehead atoms. The quantitative estimate of drug-likeness (QED) is 0.594. The Labute approximate surface area is 118 Å². The molecule has 0 amide bonds. The summed E-state index contributed by atoms with van der Waals surface area (Å²) in [4.78, 5) is 1.23. The summed E-state index contributed by atoms with van der Waals surface area (Å²) in [6, 6.07) is 12.4. The number of anilines is 1. The molecule has 102 valence electrons. The molecule has 2 rings (SSSR count). The number of aliphatic hydroxyl groups is 1. The van der Waals surface area contributed by atoms with Gasteiger partial charge in [0.15, 0.2) is 0 Å². The summed E-state index contributed by atoms with van der Waals surface area (Å²) in [6.45, 7) is 2.33. The van der Waals surface area contributed by atoms with Gasteiger partial charge in [-0.05, 0) is 49.7 Å². The predicted molar refractivity (Wildman–Crippen MR) is 79.6 cm³/mol. The van der Waals surface area contributed by atoms with Crippen molar-refractivity contribution in [2.45, 2.75) is 24.3 Å². The van der Waals surface area contributed by atoms with E-state index in [0.29, 0.717) is 0 Å². The maximum atomic E-state index is 8.75. The van der Waals surface area contributed by atoms with Crippen molar-refractivity contribution in [1.29, 1.82) is 0 Å². The van der Waals surface area contributed by atoms with E-state index in [1.165, 1.54) is 4.90 Å². The number of furan rings is 1. The van der Waals surface area contributed by atoms with Crippen LogP contribution in [-0.4, -0.2) is 17.5 Å². The molecule has 2 N–H and O–H groups in total. The molecule has 2 aromatic rings. The molecule has 0 spiro atoms. The highest BCUT2D eigenvalue weighted by Crippen LogP contribution is 2.23. The fraction of sp³-hybridized carbons (Fsp3) is 0.333. The van der Waals surface area contributed by atoms with Gasteiger partial charge in [-0.1, -0.05) is 0 Å². The number of aliphatic hydroxyl groups excluding tert-OH is 1. The minimum absolute atomic E-state index is 0.155. The molecule has 19 heavy (non-hydrogen) atoms. The van der Waals surface area contributed by atoms with E-state index in [1.54, 1.807) is 18.0 Å². The second-order valence-corrected chi connectivity index (χ2v) is 5.50. The lowest BCUT2D eigenvalue weighted by Crippen LogP contribution is -2.05. The van der Waals surface area contributed by atoms with Crippen LogP contribution >= 0.6 is 11.8 Å². The highest BCUT2D eigenvalue weighted by atomic mass is 32.2. The average molecular weight is 277 g/mol. The zero-order valence-corrected chi connectivity index (χ0v) is 11.8. The van der Waals surface area contributed by atoms with Crippen molar-refractivity contribution in [3.63, 3.8) is 0 Å². The van der Waals surface area contributed by atoms with E-state index in [9.17, 15) is 0 Å². The number of thioether (sulfide) groups is 1. The lowest BCUT2D eigenvalue weighted by molar-refractivity contribution is 0.296. The first-order valence-electron chi connectivity index (χ1n) is 6.43. The molecule has 1 atom stereocenters. The highest BCUT2D eigenvalue weighted by Gasteiger charge is 2.07. The molecule has 0 aliphatic carbocycles. The molecule has 1 heterocycles. The molecule has 0 radical (unpaired) electrons. The van der Waals surface area contributed by atoms with Gasteiger partial charge in [0.2, 0.25) is 0 Å². The van der Waals surface area contributed by atoms with E-state index >= 15 is 0 Å². The van der Waals surface area contributed by atoms with Crippen LogP contribution in [0.15, 0.2) is 52.0 Å². The van der Waals surface area contributed by atoms with Gasteiger partial charge in [0.05, 0.1) is 12.3 Å². The number of rotatable bonds is 7. The van der Waals surface area contributed by atoms with Crippen molar-refractivity contribution in [1.82, 2.24) is 0 Å². The lowest BCUT2D eigenvalue weighted by atomic mass is 10.2. The first kappa shape index (κ1) is 14.0. The second kappa shape index (κ2) is 7.26. The standard InChI is InChI=1S/C15H19NO2S/c1-12(15-4-2-10-18-15)16-13-5-7-14(8-6-13)19-11-3-9-17/h2,4-8,10,12,16-17H,3,9,11H2,1H3. The van der Waals surface area contributed by atoms with Crippen LogP contribution in [0.2, 0.25) is 0 Å². The Bertz CT molecular complexity index is 467. The van der Waals surface area contributed by atoms with Crippen LogP contribution in [0.5, 0.6) is 0 Å². The molecular formula is C15H19NO2S. The van der Waals surface area contributed by atoms with Gasteiger partial charge >= 0.3 is 0 Å². The van der Waals surface area contributed by atoms with Crippen LogP contribution in [0.4, 0.5) is 5.69 Å². The van der Waals surface area contributed by atoms with Crippen LogP contribution in [-0.2, 0) is 0 Å². The van der Waals surface area contributed by atoms with Gasteiger partial charge in [-0.25, -0.2) is 0 Å². The molecule has 1 aromatic heterocycles. The molecule has 1 unspecified atom stereocenters. The van der Waals surface area contributed by atoms with Crippen molar-refractivity contribution in [3.05, 3.63) is 48.4 Å². The normalized spacial score (nSPS) is 12.3. The molecule has 0 fully saturated rings. The van der Waals surface area contributed by atoms with Gasteiger partial charge in [-0.15, -0.1) is 11.8 Å². The Morgan fingerprint density at radius 3 is 2.68 bits per heavy atom. The molecule has 1 aromatic carbocycles. The Morgan fingerprint density at radius 1 is 1.26 bits per heavy atom. The molecular weight excluding hydrogens is 258 g/mol. The average Bonchev–Trinajstić information content (AvgIpc) is 2.95. The third-order valence-electron chi connectivity index (χ3n) is 2.78. The maximum absolute atomic E-state index is 8.75. The summed E-state index contributed by atoms with van der Waals surface area (Å²) in [5.41, 5.74) is 1.08. The van der Waals surface area contributed by atoms with Crippen LogP contribution < -0.4 is 5.32 Å². The molecule has 0 aliphatic heterocycles. The van der Waals surface area contributed by atoms with Gasteiger partial charge in [0.25, 0.3) is 0 Å². The summed E-state index contributed by atoms with van der Waals surface area (Å²) in [5.74, 6) is 1.88. The molecule has 0 saturated heterocycles. The van der Waals surface area contributed by atoms with E-state index in [1.807, 2.05) is 12.1 Å². The maximum Gasteiger partial charge on any atom is 0.125 e. The van der Waals surface area contributed by atoms with Crippen LogP contribution in [0.3, 0.4) is 0 Å². The SMILES string of the molecule is CC(Nc1ccc(SCCCO)cc1)c1ccco1. The Balaban J connectivity index is 1.88. The van der Waals surface area contributed by atoms with Crippen molar-refractivity contribution in [2.24, 2.45) is 0 Å². The third-order valence-corrected chi connectivity index (χ3v) is 3.88. The Hall–Kier alpha value is -1.39. The van der Waals surface area contributed by atoms with Gasteiger partial charge in [-0.3, -0.25) is 0 Å². The molecule has 4 heteroatoms. The van der Waals surface area contributed by atoms with Crippen LogP contribution in [0.1, 0.15) is 25.1 Å². The second-order valence-electron chi connectivity index (χ2n) is 4.33. The van der Waals surface area contributed by atoms with E-state index < -0.39 is 0 Å². The minimum atomic E-state index is 0.155. The summed E-state index contributed by atoms with van der Waals surface area (Å²) in [5, 5.41) is 12.1.